The molecule has 0 spiro atoms. The molecule has 1 heterocycles. The number of hydrogen-bond acceptors (Lipinski definition) is 4. The molecule has 0 radical (unpaired) electrons. The molecule has 0 aromatic heterocycles. The molecule has 2 amide bonds. The van der Waals surface area contributed by atoms with E-state index in [2.05, 4.69) is 21.2 Å². The molecule has 0 aliphatic carbocycles. The Morgan fingerprint density at radius 3 is 2.57 bits per heavy atom. The van der Waals surface area contributed by atoms with Crippen molar-refractivity contribution in [3.63, 3.8) is 0 Å². The van der Waals surface area contributed by atoms with Gasteiger partial charge in [0.15, 0.2) is 0 Å². The number of methoxy groups -OCH3 is 1. The van der Waals surface area contributed by atoms with Crippen LogP contribution in [0.4, 0.5) is 4.79 Å². The van der Waals surface area contributed by atoms with E-state index in [1.165, 1.54) is 12.0 Å². The highest BCUT2D eigenvalue weighted by Gasteiger charge is 2.34. The quantitative estimate of drug-likeness (QED) is 0.627. The number of urea groups is 1. The van der Waals surface area contributed by atoms with E-state index >= 15 is 0 Å². The molecule has 0 saturated heterocycles. The molecule has 0 bridgehead atoms. The van der Waals surface area contributed by atoms with Gasteiger partial charge >= 0.3 is 12.0 Å². The second kappa shape index (κ2) is 7.61. The van der Waals surface area contributed by atoms with Gasteiger partial charge in [0.25, 0.3) is 0 Å². The van der Waals surface area contributed by atoms with Crippen molar-refractivity contribution in [3.8, 4) is 0 Å². The molecule has 6 nitrogen and oxygen atoms in total. The maximum Gasteiger partial charge on any atom is 0.338 e. The van der Waals surface area contributed by atoms with Crippen LogP contribution in [0.1, 0.15) is 18.5 Å². The summed E-state index contributed by atoms with van der Waals surface area (Å²) < 4.78 is 11.1. The van der Waals surface area contributed by atoms with Crippen molar-refractivity contribution in [2.24, 2.45) is 0 Å². The van der Waals surface area contributed by atoms with E-state index in [1.807, 2.05) is 24.3 Å². The molecule has 1 aromatic carbocycles. The van der Waals surface area contributed by atoms with Crippen LogP contribution in [0.2, 0.25) is 0 Å². The Hall–Kier alpha value is -1.86. The summed E-state index contributed by atoms with van der Waals surface area (Å²) in [5.41, 5.74) is 1.81. The van der Waals surface area contributed by atoms with Gasteiger partial charge in [-0.15, -0.1) is 0 Å². The summed E-state index contributed by atoms with van der Waals surface area (Å²) >= 11 is 3.38. The molecular formula is C16H19BrN2O4. The molecule has 0 unspecified atom stereocenters. The van der Waals surface area contributed by atoms with Crippen molar-refractivity contribution in [1.82, 2.24) is 10.2 Å². The summed E-state index contributed by atoms with van der Waals surface area (Å²) in [6, 6.07) is 6.64. The predicted octanol–water partition coefficient (Wildman–Crippen LogP) is 2.61. The molecule has 1 atom stereocenters. The van der Waals surface area contributed by atoms with E-state index in [1.54, 1.807) is 14.0 Å². The van der Waals surface area contributed by atoms with Crippen molar-refractivity contribution in [3.05, 3.63) is 45.6 Å². The van der Waals surface area contributed by atoms with Crippen LogP contribution in [-0.2, 0) is 14.3 Å². The number of halogens is 1. The number of allylic oxidation sites excluding steroid dienone is 1. The number of nitrogens with zero attached hydrogens (tertiary/aromatic N) is 1. The van der Waals surface area contributed by atoms with E-state index in [-0.39, 0.29) is 12.6 Å². The molecule has 1 N–H and O–H groups in total. The van der Waals surface area contributed by atoms with Gasteiger partial charge in [-0.25, -0.2) is 9.59 Å². The van der Waals surface area contributed by atoms with Gasteiger partial charge in [0.1, 0.15) is 6.61 Å². The zero-order valence-corrected chi connectivity index (χ0v) is 14.8. The first kappa shape index (κ1) is 17.5. The van der Waals surface area contributed by atoms with Crippen LogP contribution in [0.25, 0.3) is 0 Å². The second-order valence-corrected chi connectivity index (χ2v) is 6.04. The van der Waals surface area contributed by atoms with Crippen LogP contribution in [0.3, 0.4) is 0 Å². The zero-order chi connectivity index (χ0) is 17.0. The smallest absolute Gasteiger partial charge is 0.338 e. The minimum absolute atomic E-state index is 0.164. The highest BCUT2D eigenvalue weighted by Crippen LogP contribution is 2.31. The maximum absolute atomic E-state index is 12.5. The monoisotopic (exact) mass is 382 g/mol. The lowest BCUT2D eigenvalue weighted by molar-refractivity contribution is -0.140. The number of rotatable bonds is 5. The topological polar surface area (TPSA) is 67.9 Å². The average molecular weight is 383 g/mol. The number of carbonyl (C=O) groups is 2. The van der Waals surface area contributed by atoms with Crippen molar-refractivity contribution in [2.75, 3.05) is 27.4 Å². The average Bonchev–Trinajstić information content (AvgIpc) is 2.53. The van der Waals surface area contributed by atoms with Crippen LogP contribution in [-0.4, -0.2) is 44.3 Å². The van der Waals surface area contributed by atoms with Crippen LogP contribution in [0, 0.1) is 0 Å². The molecule has 0 saturated carbocycles. The summed E-state index contributed by atoms with van der Waals surface area (Å²) in [4.78, 5) is 26.0. The van der Waals surface area contributed by atoms with Gasteiger partial charge in [0.2, 0.25) is 0 Å². The third-order valence-corrected chi connectivity index (χ3v) is 4.23. The van der Waals surface area contributed by atoms with E-state index in [9.17, 15) is 9.59 Å². The molecule has 7 heteroatoms. The highest BCUT2D eigenvalue weighted by atomic mass is 79.9. The fraction of sp³-hybridized carbons (Fsp3) is 0.375. The lowest BCUT2D eigenvalue weighted by Crippen LogP contribution is -2.46. The Morgan fingerprint density at radius 2 is 1.96 bits per heavy atom. The van der Waals surface area contributed by atoms with E-state index in [4.69, 9.17) is 9.47 Å². The van der Waals surface area contributed by atoms with Gasteiger partial charge in [-0.3, -0.25) is 0 Å². The summed E-state index contributed by atoms with van der Waals surface area (Å²) in [5.74, 6) is -0.459. The second-order valence-electron chi connectivity index (χ2n) is 5.12. The first-order valence-corrected chi connectivity index (χ1v) is 7.91. The molecule has 2 rings (SSSR count). The number of ether oxygens (including phenoxy) is 2. The molecular weight excluding hydrogens is 364 g/mol. The standard InChI is InChI=1S/C16H19BrN2O4/c1-10-13(15(20)23-9-8-22-3)14(18-16(21)19(10)2)11-4-6-12(17)7-5-11/h4-7,14H,8-9H2,1-3H3,(H,18,21)/t14-/m1/s1. The normalized spacial score (nSPS) is 18.0. The Bertz CT molecular complexity index is 627. The third-order valence-electron chi connectivity index (χ3n) is 3.70. The minimum Gasteiger partial charge on any atom is -0.460 e. The van der Waals surface area contributed by atoms with Gasteiger partial charge < -0.3 is 19.7 Å². The first-order valence-electron chi connectivity index (χ1n) is 7.12. The maximum atomic E-state index is 12.5. The molecule has 23 heavy (non-hydrogen) atoms. The van der Waals surface area contributed by atoms with Gasteiger partial charge in [-0.2, -0.15) is 0 Å². The Morgan fingerprint density at radius 1 is 1.30 bits per heavy atom. The van der Waals surface area contributed by atoms with Crippen molar-refractivity contribution < 1.29 is 19.1 Å². The van der Waals surface area contributed by atoms with Crippen molar-refractivity contribution in [1.29, 1.82) is 0 Å². The lowest BCUT2D eigenvalue weighted by atomic mass is 9.95. The summed E-state index contributed by atoms with van der Waals surface area (Å²) in [7, 11) is 3.16. The summed E-state index contributed by atoms with van der Waals surface area (Å²) in [5, 5.41) is 2.84. The highest BCUT2D eigenvalue weighted by molar-refractivity contribution is 9.10. The lowest BCUT2D eigenvalue weighted by Gasteiger charge is -2.33. The van der Waals surface area contributed by atoms with Gasteiger partial charge in [0, 0.05) is 24.3 Å². The van der Waals surface area contributed by atoms with Crippen molar-refractivity contribution >= 4 is 27.9 Å². The largest absolute Gasteiger partial charge is 0.460 e. The Balaban J connectivity index is 2.35. The number of hydrogen-bond donors (Lipinski definition) is 1. The minimum atomic E-state index is -0.540. The number of amides is 2. The van der Waals surface area contributed by atoms with Crippen LogP contribution >= 0.6 is 15.9 Å². The van der Waals surface area contributed by atoms with Gasteiger partial charge in [0.05, 0.1) is 18.2 Å². The molecule has 1 aromatic rings. The molecule has 1 aliphatic rings. The zero-order valence-electron chi connectivity index (χ0n) is 13.3. The molecule has 1 aliphatic heterocycles. The van der Waals surface area contributed by atoms with E-state index in [0.29, 0.717) is 17.9 Å². The predicted molar refractivity (Wildman–Crippen MR) is 88.7 cm³/mol. The van der Waals surface area contributed by atoms with E-state index < -0.39 is 12.0 Å². The third kappa shape index (κ3) is 3.92. The van der Waals surface area contributed by atoms with Crippen LogP contribution in [0.15, 0.2) is 40.0 Å². The summed E-state index contributed by atoms with van der Waals surface area (Å²) in [6.07, 6.45) is 0. The molecule has 124 valence electrons. The van der Waals surface area contributed by atoms with Gasteiger partial charge in [-0.05, 0) is 24.6 Å². The Kier molecular flexibility index (Phi) is 5.79. The van der Waals surface area contributed by atoms with Crippen LogP contribution < -0.4 is 5.32 Å². The van der Waals surface area contributed by atoms with E-state index in [0.717, 1.165) is 10.0 Å². The van der Waals surface area contributed by atoms with Crippen molar-refractivity contribution in [2.45, 2.75) is 13.0 Å². The summed E-state index contributed by atoms with van der Waals surface area (Å²) in [6.45, 7) is 2.22. The van der Waals surface area contributed by atoms with Gasteiger partial charge in [-0.1, -0.05) is 28.1 Å². The number of benzene rings is 1. The number of esters is 1. The Labute approximate surface area is 143 Å². The van der Waals surface area contributed by atoms with Crippen LogP contribution in [0.5, 0.6) is 0 Å². The SMILES string of the molecule is COCCOC(=O)C1=C(C)N(C)C(=O)N[C@@H]1c1ccc(Br)cc1. The number of carbonyl (C=O) groups excluding carboxylic acids is 2. The fourth-order valence-electron chi connectivity index (χ4n) is 2.30. The first-order chi connectivity index (χ1) is 11.0. The number of nitrogens with one attached hydrogen (secondary N) is 1. The molecule has 0 fully saturated rings. The fourth-order valence-corrected chi connectivity index (χ4v) is 2.56.